The number of aromatic nitrogens is 1. The van der Waals surface area contributed by atoms with Gasteiger partial charge in [0.2, 0.25) is 0 Å². The molecule has 0 radical (unpaired) electrons. The number of pyridine rings is 1. The largest absolute Gasteiger partial charge is 0.506 e. The Hall–Kier alpha value is -3.54. The predicted molar refractivity (Wildman–Crippen MR) is 140 cm³/mol. The molecule has 1 heterocycles. The number of hydrogen-bond acceptors (Lipinski definition) is 4. The first-order valence-corrected chi connectivity index (χ1v) is 12.2. The quantitative estimate of drug-likeness (QED) is 0.293. The van der Waals surface area contributed by atoms with Crippen LogP contribution in [0.3, 0.4) is 0 Å². The maximum Gasteiger partial charge on any atom is 0.267 e. The van der Waals surface area contributed by atoms with Gasteiger partial charge in [-0.25, -0.2) is 0 Å². The summed E-state index contributed by atoms with van der Waals surface area (Å²) in [6.07, 6.45) is 6.20. The SMILES string of the molecule is C=C(NCCCC)c1ccc(NC(=O)c2c(O)c3ccccc3n(CCCCCC)c2=O)cc1. The molecule has 6 heteroatoms. The summed E-state index contributed by atoms with van der Waals surface area (Å²) >= 11 is 0. The molecule has 0 spiro atoms. The van der Waals surface area contributed by atoms with Gasteiger partial charge in [0.1, 0.15) is 11.3 Å². The van der Waals surface area contributed by atoms with Crippen LogP contribution in [-0.4, -0.2) is 22.1 Å². The van der Waals surface area contributed by atoms with E-state index < -0.39 is 11.5 Å². The molecule has 1 amide bonds. The number of aryl methyl sites for hydroxylation is 1. The van der Waals surface area contributed by atoms with Crippen LogP contribution in [-0.2, 0) is 6.54 Å². The van der Waals surface area contributed by atoms with Crippen molar-refractivity contribution in [2.24, 2.45) is 0 Å². The van der Waals surface area contributed by atoms with Crippen LogP contribution < -0.4 is 16.2 Å². The second-order valence-electron chi connectivity index (χ2n) is 8.55. The molecule has 6 nitrogen and oxygen atoms in total. The highest BCUT2D eigenvalue weighted by atomic mass is 16.3. The second kappa shape index (κ2) is 12.1. The highest BCUT2D eigenvalue weighted by molar-refractivity contribution is 6.09. The van der Waals surface area contributed by atoms with Crippen molar-refractivity contribution in [1.82, 2.24) is 9.88 Å². The molecule has 180 valence electrons. The Morgan fingerprint density at radius 3 is 2.38 bits per heavy atom. The molecule has 3 rings (SSSR count). The van der Waals surface area contributed by atoms with Crippen LogP contribution in [0.5, 0.6) is 5.75 Å². The first-order valence-electron chi connectivity index (χ1n) is 12.2. The van der Waals surface area contributed by atoms with Crippen LogP contribution in [0.2, 0.25) is 0 Å². The standard InChI is InChI=1S/C28H35N3O3/c1-4-6-8-11-19-31-24-13-10-9-12-23(24)26(32)25(28(31)34)27(33)30-22-16-14-21(15-17-22)20(3)29-18-7-5-2/h9-10,12-17,29,32H,3-8,11,18-19H2,1-2H3,(H,30,33). The summed E-state index contributed by atoms with van der Waals surface area (Å²) in [7, 11) is 0. The first kappa shape index (κ1) is 25.1. The minimum Gasteiger partial charge on any atom is -0.506 e. The number of hydrogen-bond donors (Lipinski definition) is 3. The highest BCUT2D eigenvalue weighted by Crippen LogP contribution is 2.27. The van der Waals surface area contributed by atoms with Crippen LogP contribution in [0, 0.1) is 0 Å². The van der Waals surface area contributed by atoms with Gasteiger partial charge in [0, 0.05) is 29.9 Å². The fourth-order valence-electron chi connectivity index (χ4n) is 3.98. The normalized spacial score (nSPS) is 10.9. The molecule has 34 heavy (non-hydrogen) atoms. The van der Waals surface area contributed by atoms with Gasteiger partial charge in [-0.05, 0) is 42.7 Å². The molecule has 0 saturated carbocycles. The average molecular weight is 462 g/mol. The molecule has 0 aliphatic heterocycles. The third-order valence-electron chi connectivity index (χ3n) is 5.97. The average Bonchev–Trinajstić information content (AvgIpc) is 2.84. The number of anilines is 1. The number of nitrogens with zero attached hydrogens (tertiary/aromatic N) is 1. The summed E-state index contributed by atoms with van der Waals surface area (Å²) in [5.41, 5.74) is 2.22. The number of para-hydroxylation sites is 1. The van der Waals surface area contributed by atoms with Crippen LogP contribution in [0.15, 0.2) is 59.9 Å². The molecule has 0 aliphatic rings. The van der Waals surface area contributed by atoms with Crippen molar-refractivity contribution in [3.05, 3.63) is 76.6 Å². The summed E-state index contributed by atoms with van der Waals surface area (Å²) < 4.78 is 1.61. The van der Waals surface area contributed by atoms with Crippen molar-refractivity contribution in [3.63, 3.8) is 0 Å². The maximum absolute atomic E-state index is 13.3. The number of unbranched alkanes of at least 4 members (excludes halogenated alkanes) is 4. The lowest BCUT2D eigenvalue weighted by Crippen LogP contribution is -2.30. The van der Waals surface area contributed by atoms with Crippen molar-refractivity contribution in [2.45, 2.75) is 58.9 Å². The number of amides is 1. The number of rotatable bonds is 12. The molecule has 0 atom stereocenters. The highest BCUT2D eigenvalue weighted by Gasteiger charge is 2.22. The molecule has 0 saturated heterocycles. The fourth-order valence-corrected chi connectivity index (χ4v) is 3.98. The number of benzene rings is 2. The Morgan fingerprint density at radius 2 is 1.68 bits per heavy atom. The summed E-state index contributed by atoms with van der Waals surface area (Å²) in [5.74, 6) is -0.906. The smallest absolute Gasteiger partial charge is 0.267 e. The summed E-state index contributed by atoms with van der Waals surface area (Å²) in [6.45, 7) is 9.69. The zero-order chi connectivity index (χ0) is 24.5. The Bertz CT molecular complexity index is 1200. The molecular formula is C28H35N3O3. The summed E-state index contributed by atoms with van der Waals surface area (Å²) in [4.78, 5) is 26.4. The van der Waals surface area contributed by atoms with Crippen molar-refractivity contribution >= 4 is 28.2 Å². The van der Waals surface area contributed by atoms with Gasteiger partial charge in [0.25, 0.3) is 11.5 Å². The van der Waals surface area contributed by atoms with Crippen molar-refractivity contribution in [1.29, 1.82) is 0 Å². The lowest BCUT2D eigenvalue weighted by Gasteiger charge is -2.15. The molecule has 3 aromatic rings. The van der Waals surface area contributed by atoms with E-state index in [1.807, 2.05) is 18.2 Å². The van der Waals surface area contributed by atoms with Gasteiger partial charge in [-0.15, -0.1) is 0 Å². The first-order chi connectivity index (χ1) is 16.5. The third kappa shape index (κ3) is 5.87. The molecule has 2 aromatic carbocycles. The molecule has 1 aromatic heterocycles. The van der Waals surface area contributed by atoms with E-state index in [0.29, 0.717) is 23.1 Å². The molecule has 0 fully saturated rings. The Labute approximate surface area is 201 Å². The zero-order valence-corrected chi connectivity index (χ0v) is 20.2. The topological polar surface area (TPSA) is 83.4 Å². The Morgan fingerprint density at radius 1 is 0.971 bits per heavy atom. The predicted octanol–water partition coefficient (Wildman–Crippen LogP) is 5.90. The Balaban J connectivity index is 1.85. The lowest BCUT2D eigenvalue weighted by atomic mass is 10.1. The minimum atomic E-state index is -0.622. The number of aromatic hydroxyl groups is 1. The molecular weight excluding hydrogens is 426 g/mol. The number of nitrogens with one attached hydrogen (secondary N) is 2. The lowest BCUT2D eigenvalue weighted by molar-refractivity contribution is 0.102. The van der Waals surface area contributed by atoms with Gasteiger partial charge >= 0.3 is 0 Å². The number of carbonyl (C=O) groups is 1. The number of carbonyl (C=O) groups excluding carboxylic acids is 1. The van der Waals surface area contributed by atoms with E-state index in [4.69, 9.17) is 0 Å². The number of fused-ring (bicyclic) bond motifs is 1. The van der Waals surface area contributed by atoms with Crippen LogP contribution in [0.25, 0.3) is 16.6 Å². The monoisotopic (exact) mass is 461 g/mol. The summed E-state index contributed by atoms with van der Waals surface area (Å²) in [5, 5.41) is 17.4. The maximum atomic E-state index is 13.3. The molecule has 0 aliphatic carbocycles. The minimum absolute atomic E-state index is 0.232. The van der Waals surface area contributed by atoms with Gasteiger partial charge < -0.3 is 20.3 Å². The second-order valence-corrected chi connectivity index (χ2v) is 8.55. The van der Waals surface area contributed by atoms with E-state index in [1.54, 1.807) is 34.9 Å². The van der Waals surface area contributed by atoms with Crippen LogP contribution in [0.1, 0.15) is 68.3 Å². The zero-order valence-electron chi connectivity index (χ0n) is 20.2. The molecule has 0 unspecified atom stereocenters. The van der Waals surface area contributed by atoms with E-state index in [1.165, 1.54) is 0 Å². The Kier molecular flexibility index (Phi) is 8.91. The van der Waals surface area contributed by atoms with E-state index in [0.717, 1.165) is 56.3 Å². The molecule has 3 N–H and O–H groups in total. The van der Waals surface area contributed by atoms with E-state index in [2.05, 4.69) is 31.1 Å². The fraction of sp³-hybridized carbons (Fsp3) is 0.357. The third-order valence-corrected chi connectivity index (χ3v) is 5.97. The van der Waals surface area contributed by atoms with Crippen molar-refractivity contribution in [3.8, 4) is 5.75 Å². The van der Waals surface area contributed by atoms with Gasteiger partial charge in [0.15, 0.2) is 0 Å². The van der Waals surface area contributed by atoms with Crippen molar-refractivity contribution < 1.29 is 9.90 Å². The molecule has 0 bridgehead atoms. The van der Waals surface area contributed by atoms with Gasteiger partial charge in [-0.2, -0.15) is 0 Å². The van der Waals surface area contributed by atoms with E-state index in [-0.39, 0.29) is 11.3 Å². The van der Waals surface area contributed by atoms with Crippen LogP contribution in [0.4, 0.5) is 5.69 Å². The summed E-state index contributed by atoms with van der Waals surface area (Å²) in [6, 6.07) is 14.4. The van der Waals surface area contributed by atoms with Crippen LogP contribution >= 0.6 is 0 Å². The van der Waals surface area contributed by atoms with Gasteiger partial charge in [0.05, 0.1) is 5.52 Å². The van der Waals surface area contributed by atoms with Gasteiger partial charge in [-0.1, -0.05) is 70.4 Å². The van der Waals surface area contributed by atoms with Gasteiger partial charge in [-0.3, -0.25) is 9.59 Å². The van der Waals surface area contributed by atoms with E-state index in [9.17, 15) is 14.7 Å². The van der Waals surface area contributed by atoms with Crippen molar-refractivity contribution in [2.75, 3.05) is 11.9 Å². The van der Waals surface area contributed by atoms with E-state index >= 15 is 0 Å².